The third-order valence-electron chi connectivity index (χ3n) is 6.45. The van der Waals surface area contributed by atoms with Gasteiger partial charge in [-0.15, -0.1) is 0 Å². The molecule has 25 heavy (non-hydrogen) atoms. The number of nitrogens with zero attached hydrogens (tertiary/aromatic N) is 3. The lowest BCUT2D eigenvalue weighted by molar-refractivity contribution is -0.176. The lowest BCUT2D eigenvalue weighted by atomic mass is 9.51. The zero-order chi connectivity index (χ0) is 17.3. The van der Waals surface area contributed by atoms with E-state index in [4.69, 9.17) is 4.74 Å². The van der Waals surface area contributed by atoms with E-state index in [0.717, 1.165) is 44.9 Å². The number of hydrogen-bond donors (Lipinski definition) is 1. The molecular formula is C19H28N4O2. The zero-order valence-corrected chi connectivity index (χ0v) is 15.0. The maximum absolute atomic E-state index is 12.7. The first-order chi connectivity index (χ1) is 12.2. The summed E-state index contributed by atoms with van der Waals surface area (Å²) < 4.78 is 5.88. The van der Waals surface area contributed by atoms with Gasteiger partial charge in [0.2, 0.25) is 11.9 Å². The number of rotatable bonds is 5. The van der Waals surface area contributed by atoms with Crippen LogP contribution in [0.4, 0.5) is 5.95 Å². The van der Waals surface area contributed by atoms with Crippen LogP contribution < -0.4 is 10.2 Å². The molecule has 2 atom stereocenters. The van der Waals surface area contributed by atoms with Crippen molar-refractivity contribution >= 4 is 11.9 Å². The van der Waals surface area contributed by atoms with Gasteiger partial charge in [-0.1, -0.05) is 6.42 Å². The second kappa shape index (κ2) is 6.90. The molecule has 6 heteroatoms. The predicted octanol–water partition coefficient (Wildman–Crippen LogP) is 2.16. The van der Waals surface area contributed by atoms with E-state index in [1.54, 1.807) is 12.4 Å². The van der Waals surface area contributed by atoms with Gasteiger partial charge < -0.3 is 15.0 Å². The van der Waals surface area contributed by atoms with Crippen LogP contribution in [0.3, 0.4) is 0 Å². The molecule has 1 N–H and O–H groups in total. The standard InChI is InChI=1S/C19H28N4O2/c1-2-25-16-13-15(19(16)7-3-8-19)22-17(24)14-5-11-23(12-6-14)18-20-9-4-10-21-18/h4,9-10,14-16H,2-3,5-8,11-13H2,1H3,(H,22,24). The van der Waals surface area contributed by atoms with Crippen molar-refractivity contribution < 1.29 is 9.53 Å². The Morgan fingerprint density at radius 1 is 1.32 bits per heavy atom. The lowest BCUT2D eigenvalue weighted by Crippen LogP contribution is -2.68. The van der Waals surface area contributed by atoms with E-state index < -0.39 is 0 Å². The molecule has 4 rings (SSSR count). The van der Waals surface area contributed by atoms with E-state index in [0.29, 0.717) is 12.1 Å². The molecule has 1 aromatic heterocycles. The third kappa shape index (κ3) is 3.01. The van der Waals surface area contributed by atoms with Gasteiger partial charge in [0.15, 0.2) is 0 Å². The molecule has 1 spiro atoms. The fraction of sp³-hybridized carbons (Fsp3) is 0.737. The van der Waals surface area contributed by atoms with Gasteiger partial charge in [0.05, 0.1) is 6.10 Å². The highest BCUT2D eigenvalue weighted by Crippen LogP contribution is 2.57. The number of piperidine rings is 1. The summed E-state index contributed by atoms with van der Waals surface area (Å²) >= 11 is 0. The van der Waals surface area contributed by atoms with Crippen molar-refractivity contribution in [2.24, 2.45) is 11.3 Å². The van der Waals surface area contributed by atoms with Crippen molar-refractivity contribution in [2.45, 2.75) is 57.6 Å². The van der Waals surface area contributed by atoms with Gasteiger partial charge in [0, 0.05) is 49.5 Å². The molecule has 1 saturated heterocycles. The molecule has 6 nitrogen and oxygen atoms in total. The van der Waals surface area contributed by atoms with Gasteiger partial charge in [-0.3, -0.25) is 4.79 Å². The molecule has 1 amide bonds. The Balaban J connectivity index is 1.29. The maximum atomic E-state index is 12.7. The Labute approximate surface area is 149 Å². The first-order valence-electron chi connectivity index (χ1n) is 9.67. The maximum Gasteiger partial charge on any atom is 0.225 e. The summed E-state index contributed by atoms with van der Waals surface area (Å²) in [6.07, 6.45) is 10.3. The van der Waals surface area contributed by atoms with Crippen LogP contribution in [0.1, 0.15) is 45.4 Å². The number of hydrogen-bond acceptors (Lipinski definition) is 5. The number of anilines is 1. The number of aromatic nitrogens is 2. The van der Waals surface area contributed by atoms with Crippen LogP contribution in [-0.4, -0.2) is 47.7 Å². The number of carbonyl (C=O) groups is 1. The predicted molar refractivity (Wildman–Crippen MR) is 95.2 cm³/mol. The minimum absolute atomic E-state index is 0.114. The molecule has 3 fully saturated rings. The van der Waals surface area contributed by atoms with Gasteiger partial charge in [-0.05, 0) is 45.1 Å². The van der Waals surface area contributed by atoms with Gasteiger partial charge >= 0.3 is 0 Å². The summed E-state index contributed by atoms with van der Waals surface area (Å²) in [6, 6.07) is 2.15. The highest BCUT2D eigenvalue weighted by molar-refractivity contribution is 5.79. The molecule has 2 aliphatic carbocycles. The molecule has 1 aromatic rings. The first-order valence-corrected chi connectivity index (χ1v) is 9.67. The second-order valence-corrected chi connectivity index (χ2v) is 7.64. The quantitative estimate of drug-likeness (QED) is 0.886. The molecule has 0 aromatic carbocycles. The molecule has 136 valence electrons. The molecule has 0 bridgehead atoms. The Morgan fingerprint density at radius 2 is 2.04 bits per heavy atom. The summed E-state index contributed by atoms with van der Waals surface area (Å²) in [5.41, 5.74) is 0.240. The second-order valence-electron chi connectivity index (χ2n) is 7.64. The van der Waals surface area contributed by atoms with Crippen molar-refractivity contribution in [1.29, 1.82) is 0 Å². The van der Waals surface area contributed by atoms with Crippen molar-refractivity contribution in [1.82, 2.24) is 15.3 Å². The van der Waals surface area contributed by atoms with Crippen LogP contribution in [-0.2, 0) is 9.53 Å². The van der Waals surface area contributed by atoms with Gasteiger partial charge in [-0.2, -0.15) is 0 Å². The molecule has 2 saturated carbocycles. The van der Waals surface area contributed by atoms with Crippen LogP contribution >= 0.6 is 0 Å². The van der Waals surface area contributed by atoms with Crippen molar-refractivity contribution in [2.75, 3.05) is 24.6 Å². The van der Waals surface area contributed by atoms with Crippen LogP contribution in [0.5, 0.6) is 0 Å². The number of amides is 1. The number of carbonyl (C=O) groups excluding carboxylic acids is 1. The molecule has 2 heterocycles. The summed E-state index contributed by atoms with van der Waals surface area (Å²) in [4.78, 5) is 23.5. The molecule has 3 aliphatic rings. The largest absolute Gasteiger partial charge is 0.378 e. The van der Waals surface area contributed by atoms with Gasteiger partial charge in [0.25, 0.3) is 0 Å². The van der Waals surface area contributed by atoms with Crippen LogP contribution in [0.15, 0.2) is 18.5 Å². The Bertz CT molecular complexity index is 597. The fourth-order valence-electron chi connectivity index (χ4n) is 4.73. The number of nitrogens with one attached hydrogen (secondary N) is 1. The van der Waals surface area contributed by atoms with Crippen LogP contribution in [0.2, 0.25) is 0 Å². The third-order valence-corrected chi connectivity index (χ3v) is 6.45. The summed E-state index contributed by atoms with van der Waals surface area (Å²) in [5, 5.41) is 3.35. The van der Waals surface area contributed by atoms with E-state index >= 15 is 0 Å². The normalized spacial score (nSPS) is 28.3. The van der Waals surface area contributed by atoms with Crippen molar-refractivity contribution in [3.8, 4) is 0 Å². The molecule has 1 aliphatic heterocycles. The minimum Gasteiger partial charge on any atom is -0.378 e. The summed E-state index contributed by atoms with van der Waals surface area (Å²) in [6.45, 7) is 4.52. The summed E-state index contributed by atoms with van der Waals surface area (Å²) in [5.74, 6) is 1.12. The van der Waals surface area contributed by atoms with Gasteiger partial charge in [0.1, 0.15) is 0 Å². The minimum atomic E-state index is 0.114. The van der Waals surface area contributed by atoms with E-state index in [1.807, 2.05) is 6.07 Å². The average Bonchev–Trinajstić information content (AvgIpc) is 2.60. The zero-order valence-electron chi connectivity index (χ0n) is 15.0. The van der Waals surface area contributed by atoms with E-state index in [-0.39, 0.29) is 17.2 Å². The SMILES string of the molecule is CCOC1CC(NC(=O)C2CCN(c3ncccn3)CC2)C12CCC2. The first kappa shape index (κ1) is 16.8. The smallest absolute Gasteiger partial charge is 0.225 e. The average molecular weight is 344 g/mol. The molecule has 2 unspecified atom stereocenters. The van der Waals surface area contributed by atoms with Crippen molar-refractivity contribution in [3.63, 3.8) is 0 Å². The molecular weight excluding hydrogens is 316 g/mol. The van der Waals surface area contributed by atoms with E-state index in [9.17, 15) is 4.79 Å². The Hall–Kier alpha value is -1.69. The fourth-order valence-corrected chi connectivity index (χ4v) is 4.73. The van der Waals surface area contributed by atoms with Crippen LogP contribution in [0.25, 0.3) is 0 Å². The monoisotopic (exact) mass is 344 g/mol. The highest BCUT2D eigenvalue weighted by Gasteiger charge is 2.59. The number of ether oxygens (including phenoxy) is 1. The Kier molecular flexibility index (Phi) is 4.63. The lowest BCUT2D eigenvalue weighted by Gasteiger charge is -2.61. The Morgan fingerprint density at radius 3 is 2.64 bits per heavy atom. The van der Waals surface area contributed by atoms with Crippen molar-refractivity contribution in [3.05, 3.63) is 18.5 Å². The van der Waals surface area contributed by atoms with E-state index in [1.165, 1.54) is 19.3 Å². The topological polar surface area (TPSA) is 67.3 Å². The van der Waals surface area contributed by atoms with Crippen LogP contribution in [0, 0.1) is 11.3 Å². The highest BCUT2D eigenvalue weighted by atomic mass is 16.5. The van der Waals surface area contributed by atoms with Gasteiger partial charge in [-0.25, -0.2) is 9.97 Å². The summed E-state index contributed by atoms with van der Waals surface area (Å²) in [7, 11) is 0. The molecule has 0 radical (unpaired) electrons. The van der Waals surface area contributed by atoms with E-state index in [2.05, 4.69) is 27.1 Å².